The number of hydrogen-bond donors (Lipinski definition) is 1. The molecular formula is C16H23N3O3. The molecule has 1 heterocycles. The molecule has 6 heteroatoms. The van der Waals surface area contributed by atoms with Gasteiger partial charge in [-0.3, -0.25) is 14.5 Å². The van der Waals surface area contributed by atoms with Crippen LogP contribution in [0.2, 0.25) is 0 Å². The number of methoxy groups -OCH3 is 1. The summed E-state index contributed by atoms with van der Waals surface area (Å²) in [6, 6.07) is 7.85. The van der Waals surface area contributed by atoms with E-state index in [1.165, 1.54) is 6.92 Å². The molecule has 1 aromatic rings. The van der Waals surface area contributed by atoms with Crippen molar-refractivity contribution in [1.29, 1.82) is 0 Å². The number of rotatable bonds is 4. The number of carbonyl (C=O) groups excluding carboxylic acids is 2. The van der Waals surface area contributed by atoms with Crippen molar-refractivity contribution in [3.05, 3.63) is 29.8 Å². The molecule has 0 bridgehead atoms. The highest BCUT2D eigenvalue weighted by Crippen LogP contribution is 2.16. The Balaban J connectivity index is 2.05. The van der Waals surface area contributed by atoms with Crippen molar-refractivity contribution in [1.82, 2.24) is 9.80 Å². The molecule has 2 rings (SSSR count). The second-order valence-electron chi connectivity index (χ2n) is 5.65. The first-order chi connectivity index (χ1) is 10.5. The normalized spacial score (nSPS) is 19.5. The lowest BCUT2D eigenvalue weighted by Gasteiger charge is -2.22. The Morgan fingerprint density at radius 2 is 1.91 bits per heavy atom. The van der Waals surface area contributed by atoms with Crippen LogP contribution < -0.4 is 10.5 Å². The van der Waals surface area contributed by atoms with E-state index in [4.69, 9.17) is 10.5 Å². The van der Waals surface area contributed by atoms with E-state index in [2.05, 4.69) is 4.90 Å². The smallest absolute Gasteiger partial charge is 0.223 e. The summed E-state index contributed by atoms with van der Waals surface area (Å²) in [5.74, 6) is 0.118. The van der Waals surface area contributed by atoms with E-state index in [1.54, 1.807) is 12.0 Å². The maximum atomic E-state index is 11.6. The summed E-state index contributed by atoms with van der Waals surface area (Å²) >= 11 is 0. The molecule has 1 aliphatic heterocycles. The van der Waals surface area contributed by atoms with Crippen LogP contribution in [0.3, 0.4) is 0 Å². The molecule has 0 radical (unpaired) electrons. The fourth-order valence-corrected chi connectivity index (χ4v) is 2.68. The lowest BCUT2D eigenvalue weighted by molar-refractivity contribution is -0.130. The fraction of sp³-hybridized carbons (Fsp3) is 0.500. The van der Waals surface area contributed by atoms with Gasteiger partial charge < -0.3 is 15.4 Å². The molecular weight excluding hydrogens is 282 g/mol. The highest BCUT2D eigenvalue weighted by atomic mass is 16.5. The Morgan fingerprint density at radius 3 is 2.45 bits per heavy atom. The average molecular weight is 305 g/mol. The third-order valence-corrected chi connectivity index (χ3v) is 4.02. The van der Waals surface area contributed by atoms with E-state index in [9.17, 15) is 9.59 Å². The molecule has 1 unspecified atom stereocenters. The molecule has 0 saturated carbocycles. The molecule has 1 aromatic carbocycles. The first-order valence-electron chi connectivity index (χ1n) is 7.39. The van der Waals surface area contributed by atoms with Crippen LogP contribution in [0.1, 0.15) is 12.5 Å². The Labute approximate surface area is 130 Å². The average Bonchev–Trinajstić information content (AvgIpc) is 2.71. The highest BCUT2D eigenvalue weighted by Gasteiger charge is 2.27. The van der Waals surface area contributed by atoms with Gasteiger partial charge in [0.05, 0.1) is 13.0 Å². The number of primary amides is 1. The summed E-state index contributed by atoms with van der Waals surface area (Å²) < 4.78 is 5.15. The Kier molecular flexibility index (Phi) is 5.38. The van der Waals surface area contributed by atoms with Gasteiger partial charge in [0, 0.05) is 39.6 Å². The molecule has 6 nitrogen and oxygen atoms in total. The standard InChI is InChI=1S/C16H23N3O3/c1-12(20)19-8-7-18(10-14(11-19)16(17)21)9-13-3-5-15(22-2)6-4-13/h3-6,14H,7-11H2,1-2H3,(H2,17,21). The topological polar surface area (TPSA) is 75.9 Å². The molecule has 0 aromatic heterocycles. The molecule has 2 amide bonds. The number of nitrogens with two attached hydrogens (primary N) is 1. The van der Waals surface area contributed by atoms with Gasteiger partial charge in [-0.05, 0) is 17.7 Å². The van der Waals surface area contributed by atoms with E-state index in [0.717, 1.165) is 24.4 Å². The zero-order valence-corrected chi connectivity index (χ0v) is 13.1. The van der Waals surface area contributed by atoms with Crippen LogP contribution in [-0.4, -0.2) is 54.9 Å². The van der Waals surface area contributed by atoms with Gasteiger partial charge in [0.1, 0.15) is 5.75 Å². The van der Waals surface area contributed by atoms with E-state index < -0.39 is 0 Å². The van der Waals surface area contributed by atoms with Crippen molar-refractivity contribution in [3.63, 3.8) is 0 Å². The van der Waals surface area contributed by atoms with Gasteiger partial charge in [-0.2, -0.15) is 0 Å². The number of nitrogens with zero attached hydrogens (tertiary/aromatic N) is 2. The molecule has 0 aliphatic carbocycles. The summed E-state index contributed by atoms with van der Waals surface area (Å²) in [7, 11) is 1.64. The number of ether oxygens (including phenoxy) is 1. The summed E-state index contributed by atoms with van der Waals surface area (Å²) in [5.41, 5.74) is 6.61. The van der Waals surface area contributed by atoms with E-state index in [0.29, 0.717) is 19.6 Å². The molecule has 1 saturated heterocycles. The maximum Gasteiger partial charge on any atom is 0.223 e. The van der Waals surface area contributed by atoms with Crippen LogP contribution in [0.25, 0.3) is 0 Å². The highest BCUT2D eigenvalue weighted by molar-refractivity contribution is 5.79. The number of benzene rings is 1. The largest absolute Gasteiger partial charge is 0.497 e. The van der Waals surface area contributed by atoms with Crippen molar-refractivity contribution in [3.8, 4) is 5.75 Å². The lowest BCUT2D eigenvalue weighted by atomic mass is 10.1. The van der Waals surface area contributed by atoms with E-state index in [-0.39, 0.29) is 17.7 Å². The zero-order valence-electron chi connectivity index (χ0n) is 13.1. The Hall–Kier alpha value is -2.08. The SMILES string of the molecule is COc1ccc(CN2CCN(C(C)=O)CC(C(N)=O)C2)cc1. The molecule has 2 N–H and O–H groups in total. The van der Waals surface area contributed by atoms with Crippen molar-refractivity contribution >= 4 is 11.8 Å². The van der Waals surface area contributed by atoms with Gasteiger partial charge in [0.15, 0.2) is 0 Å². The Morgan fingerprint density at radius 1 is 1.23 bits per heavy atom. The predicted octanol–water partition coefficient (Wildman–Crippen LogP) is 0.461. The molecule has 0 spiro atoms. The molecule has 22 heavy (non-hydrogen) atoms. The first-order valence-corrected chi connectivity index (χ1v) is 7.39. The van der Waals surface area contributed by atoms with Gasteiger partial charge >= 0.3 is 0 Å². The fourth-order valence-electron chi connectivity index (χ4n) is 2.68. The molecule has 1 fully saturated rings. The van der Waals surface area contributed by atoms with Gasteiger partial charge in [-0.15, -0.1) is 0 Å². The van der Waals surface area contributed by atoms with E-state index >= 15 is 0 Å². The number of amides is 2. The maximum absolute atomic E-state index is 11.6. The minimum Gasteiger partial charge on any atom is -0.497 e. The van der Waals surface area contributed by atoms with Crippen molar-refractivity contribution in [2.24, 2.45) is 11.7 Å². The summed E-state index contributed by atoms with van der Waals surface area (Å²) in [4.78, 5) is 27.1. The summed E-state index contributed by atoms with van der Waals surface area (Å²) in [6.07, 6.45) is 0. The van der Waals surface area contributed by atoms with Gasteiger partial charge in [0.25, 0.3) is 0 Å². The molecule has 1 aliphatic rings. The quantitative estimate of drug-likeness (QED) is 0.877. The number of hydrogen-bond acceptors (Lipinski definition) is 4. The second-order valence-corrected chi connectivity index (χ2v) is 5.65. The Bertz CT molecular complexity index is 530. The van der Waals surface area contributed by atoms with Crippen LogP contribution in [0.5, 0.6) is 5.75 Å². The van der Waals surface area contributed by atoms with Gasteiger partial charge in [-0.25, -0.2) is 0 Å². The third kappa shape index (κ3) is 4.21. The minimum atomic E-state index is -0.354. The third-order valence-electron chi connectivity index (χ3n) is 4.02. The van der Waals surface area contributed by atoms with Crippen LogP contribution in [0, 0.1) is 5.92 Å². The van der Waals surface area contributed by atoms with E-state index in [1.807, 2.05) is 24.3 Å². The van der Waals surface area contributed by atoms with Crippen molar-refractivity contribution in [2.75, 3.05) is 33.3 Å². The number of carbonyl (C=O) groups is 2. The lowest BCUT2D eigenvalue weighted by Crippen LogP contribution is -2.39. The second kappa shape index (κ2) is 7.26. The van der Waals surface area contributed by atoms with Crippen molar-refractivity contribution in [2.45, 2.75) is 13.5 Å². The molecule has 120 valence electrons. The molecule has 1 atom stereocenters. The monoisotopic (exact) mass is 305 g/mol. The van der Waals surface area contributed by atoms with Crippen molar-refractivity contribution < 1.29 is 14.3 Å². The predicted molar refractivity (Wildman–Crippen MR) is 83.2 cm³/mol. The van der Waals surface area contributed by atoms with Crippen LogP contribution in [0.15, 0.2) is 24.3 Å². The summed E-state index contributed by atoms with van der Waals surface area (Å²) in [5, 5.41) is 0. The van der Waals surface area contributed by atoms with Crippen LogP contribution >= 0.6 is 0 Å². The summed E-state index contributed by atoms with van der Waals surface area (Å²) in [6.45, 7) is 4.58. The first kappa shape index (κ1) is 16.3. The van der Waals surface area contributed by atoms with Crippen LogP contribution in [-0.2, 0) is 16.1 Å². The zero-order chi connectivity index (χ0) is 16.1. The van der Waals surface area contributed by atoms with Crippen LogP contribution in [0.4, 0.5) is 0 Å². The van der Waals surface area contributed by atoms with Gasteiger partial charge in [0.2, 0.25) is 11.8 Å². The minimum absolute atomic E-state index is 0.0162. The van der Waals surface area contributed by atoms with Gasteiger partial charge in [-0.1, -0.05) is 12.1 Å².